The number of carbonyl (C=O) groups excluding carboxylic acids is 2. The fourth-order valence-electron chi connectivity index (χ4n) is 3.55. The molecule has 4 heterocycles. The quantitative estimate of drug-likeness (QED) is 0.141. The van der Waals surface area contributed by atoms with Crippen LogP contribution in [0.5, 0.6) is 0 Å². The van der Waals surface area contributed by atoms with Crippen molar-refractivity contribution >= 4 is 18.9 Å². The molecule has 94 valence electrons. The molecule has 0 amide bonds. The van der Waals surface area contributed by atoms with Gasteiger partial charge in [-0.3, -0.25) is 0 Å². The first-order valence-corrected chi connectivity index (χ1v) is 10.5. The maximum absolute atomic E-state index is 12.0. The summed E-state index contributed by atoms with van der Waals surface area (Å²) in [5.41, 5.74) is -1.20. The van der Waals surface area contributed by atoms with Crippen LogP contribution in [0.3, 0.4) is 0 Å². The van der Waals surface area contributed by atoms with E-state index in [0.29, 0.717) is 12.8 Å². The molecule has 4 rings (SSSR count). The van der Waals surface area contributed by atoms with Crippen molar-refractivity contribution in [2.75, 3.05) is 5.75 Å². The third-order valence-corrected chi connectivity index (χ3v) is 12.6. The van der Waals surface area contributed by atoms with Crippen LogP contribution in [0, 0.1) is 5.41 Å². The van der Waals surface area contributed by atoms with Gasteiger partial charge in [0.05, 0.1) is 0 Å². The van der Waals surface area contributed by atoms with Gasteiger partial charge in [-0.2, -0.15) is 0 Å². The third kappa shape index (κ3) is 0.898. The van der Waals surface area contributed by atoms with Crippen molar-refractivity contribution < 1.29 is 47.3 Å². The van der Waals surface area contributed by atoms with Crippen molar-refractivity contribution in [3.05, 3.63) is 0 Å². The average molecular weight is 371 g/mol. The van der Waals surface area contributed by atoms with Gasteiger partial charge in [-0.1, -0.05) is 0 Å². The van der Waals surface area contributed by atoms with Crippen LogP contribution < -0.4 is 19.8 Å². The average Bonchev–Trinajstić information content (AvgIpc) is 2.86. The van der Waals surface area contributed by atoms with Crippen LogP contribution >= 0.6 is 0 Å². The summed E-state index contributed by atoms with van der Waals surface area (Å²) in [5.74, 6) is -1.57. The number of esters is 2. The molecule has 4 fully saturated rings. The molecule has 4 aliphatic rings. The molecule has 4 saturated heterocycles. The number of hydrogen-bond donors (Lipinski definition) is 0. The van der Waals surface area contributed by atoms with Crippen molar-refractivity contribution in [1.82, 2.24) is 0 Å². The van der Waals surface area contributed by atoms with E-state index in [1.807, 2.05) is 0 Å². The van der Waals surface area contributed by atoms with Crippen LogP contribution in [0.15, 0.2) is 0 Å². The Balaban J connectivity index is 2.05. The molecule has 4 aliphatic heterocycles. The van der Waals surface area contributed by atoms with Gasteiger partial charge in [0.1, 0.15) is 0 Å². The van der Waals surface area contributed by atoms with Crippen LogP contribution in [-0.2, 0) is 26.1 Å². The van der Waals surface area contributed by atoms with E-state index in [4.69, 9.17) is 9.47 Å². The van der Waals surface area contributed by atoms with Crippen molar-refractivity contribution in [3.8, 4) is 0 Å². The fourth-order valence-corrected chi connectivity index (χ4v) is 14.6. The Morgan fingerprint density at radius 3 is 2.59 bits per heavy atom. The van der Waals surface area contributed by atoms with E-state index in [1.54, 1.807) is 0 Å². The van der Waals surface area contributed by atoms with Gasteiger partial charge < -0.3 is 0 Å². The van der Waals surface area contributed by atoms with Crippen LogP contribution in [0.2, 0.25) is 0 Å². The molecule has 0 radical (unpaired) electrons. The van der Waals surface area contributed by atoms with Crippen molar-refractivity contribution in [2.45, 2.75) is 28.5 Å². The Kier molecular flexibility index (Phi) is 1.69. The van der Waals surface area contributed by atoms with Gasteiger partial charge in [0, 0.05) is 0 Å². The van der Waals surface area contributed by atoms with Crippen LogP contribution in [-0.4, -0.2) is 41.7 Å². The monoisotopic (exact) mass is 371 g/mol. The number of cyclic esters (lactones) is 2. The molecule has 0 aromatic rings. The molecule has 0 N–H and O–H groups in total. The van der Waals surface area contributed by atoms with E-state index in [1.165, 1.54) is 0 Å². The standard InChI is InChI=1S/C9H8IO6S/c11-6-8-3-17(13,14)10-9(8,7(12)16-6)5-2-1-4(8)15-5/h4-5H,1-3H2/q-1. The van der Waals surface area contributed by atoms with Gasteiger partial charge in [-0.15, -0.1) is 0 Å². The van der Waals surface area contributed by atoms with Gasteiger partial charge in [0.15, 0.2) is 0 Å². The molecule has 4 unspecified atom stereocenters. The number of fused-ring (bicyclic) bond motifs is 2. The third-order valence-electron chi connectivity index (χ3n) is 4.15. The number of alkyl halides is 1. The Morgan fingerprint density at radius 1 is 1.18 bits per heavy atom. The second kappa shape index (κ2) is 2.69. The SMILES string of the molecule is O=C1OC(=O)C23[I-]S(=O)(=O)CC12C1CCC3O1. The van der Waals surface area contributed by atoms with Crippen molar-refractivity contribution in [2.24, 2.45) is 5.41 Å². The zero-order valence-electron chi connectivity index (χ0n) is 8.51. The number of carbonyl (C=O) groups is 2. The summed E-state index contributed by atoms with van der Waals surface area (Å²) in [6, 6.07) is 0. The van der Waals surface area contributed by atoms with E-state index in [2.05, 4.69) is 0 Å². The number of rotatable bonds is 0. The molecule has 0 aromatic carbocycles. The number of halogens is 1. The van der Waals surface area contributed by atoms with E-state index in [0.717, 1.165) is 0 Å². The van der Waals surface area contributed by atoms with Gasteiger partial charge >= 0.3 is 106 Å². The van der Waals surface area contributed by atoms with E-state index in [9.17, 15) is 18.0 Å². The van der Waals surface area contributed by atoms with Gasteiger partial charge in [-0.25, -0.2) is 0 Å². The molecule has 0 aliphatic carbocycles. The summed E-state index contributed by atoms with van der Waals surface area (Å²) in [6.45, 7) is 0. The minimum atomic E-state index is -3.27. The number of ether oxygens (including phenoxy) is 2. The van der Waals surface area contributed by atoms with Gasteiger partial charge in [0.2, 0.25) is 0 Å². The molecule has 0 spiro atoms. The zero-order chi connectivity index (χ0) is 12.1. The van der Waals surface area contributed by atoms with Crippen LogP contribution in [0.1, 0.15) is 12.8 Å². The van der Waals surface area contributed by atoms with Crippen molar-refractivity contribution in [3.63, 3.8) is 0 Å². The van der Waals surface area contributed by atoms with Crippen LogP contribution in [0.25, 0.3) is 0 Å². The first kappa shape index (κ1) is 10.7. The summed E-state index contributed by atoms with van der Waals surface area (Å²) in [4.78, 5) is 24.0. The van der Waals surface area contributed by atoms with E-state index in [-0.39, 0.29) is 5.75 Å². The number of hydrogen-bond acceptors (Lipinski definition) is 6. The van der Waals surface area contributed by atoms with Gasteiger partial charge in [-0.05, 0) is 0 Å². The summed E-state index contributed by atoms with van der Waals surface area (Å²) < 4.78 is 33.1. The summed E-state index contributed by atoms with van der Waals surface area (Å²) in [5, 5.41) is 0. The fraction of sp³-hybridized carbons (Fsp3) is 0.778. The normalized spacial score (nSPS) is 54.1. The molecule has 2 bridgehead atoms. The zero-order valence-corrected chi connectivity index (χ0v) is 11.5. The Hall–Kier alpha value is -0.220. The molecule has 0 saturated carbocycles. The molecule has 6 nitrogen and oxygen atoms in total. The summed E-state index contributed by atoms with van der Waals surface area (Å²) in [6.07, 6.45) is 0.443. The predicted molar refractivity (Wildman–Crippen MR) is 47.9 cm³/mol. The van der Waals surface area contributed by atoms with Crippen molar-refractivity contribution in [1.29, 1.82) is 0 Å². The maximum atomic E-state index is 12.0. The molecule has 17 heavy (non-hydrogen) atoms. The summed E-state index contributed by atoms with van der Waals surface area (Å²) in [7, 11) is -3.27. The molecular weight excluding hydrogens is 363 g/mol. The Labute approximate surface area is 106 Å². The molecule has 8 heteroatoms. The summed E-state index contributed by atoms with van der Waals surface area (Å²) >= 11 is -1.45. The van der Waals surface area contributed by atoms with Crippen LogP contribution in [0.4, 0.5) is 0 Å². The van der Waals surface area contributed by atoms with Gasteiger partial charge in [0.25, 0.3) is 0 Å². The second-order valence-electron chi connectivity index (χ2n) is 4.81. The minimum absolute atomic E-state index is 0.251. The Bertz CT molecular complexity index is 528. The second-order valence-corrected chi connectivity index (χ2v) is 13.4. The Morgan fingerprint density at radius 2 is 1.88 bits per heavy atom. The first-order valence-electron chi connectivity index (χ1n) is 5.25. The first-order chi connectivity index (χ1) is 7.92. The van der Waals surface area contributed by atoms with E-state index < -0.39 is 59.8 Å². The van der Waals surface area contributed by atoms with E-state index >= 15 is 0 Å². The predicted octanol–water partition coefficient (Wildman–Crippen LogP) is -4.21. The molecule has 0 aromatic heterocycles. The topological polar surface area (TPSA) is 86.7 Å². The molecular formula is C9H8IO6S-. The molecule has 4 atom stereocenters.